The summed E-state index contributed by atoms with van der Waals surface area (Å²) in [5.41, 5.74) is 7.29. The highest BCUT2D eigenvalue weighted by Gasteiger charge is 1.96. The van der Waals surface area contributed by atoms with Crippen LogP contribution in [0.5, 0.6) is 0 Å². The van der Waals surface area contributed by atoms with Crippen LogP contribution < -0.4 is 5.73 Å². The number of nitrogens with two attached hydrogens (primary N) is 1. The first kappa shape index (κ1) is 13.7. The van der Waals surface area contributed by atoms with E-state index in [1.165, 1.54) is 0 Å². The molecule has 0 spiro atoms. The lowest BCUT2D eigenvalue weighted by atomic mass is 10.2. The van der Waals surface area contributed by atoms with Gasteiger partial charge in [-0.2, -0.15) is 0 Å². The van der Waals surface area contributed by atoms with Crippen LogP contribution in [0.2, 0.25) is 0 Å². The van der Waals surface area contributed by atoms with Crippen molar-refractivity contribution in [3.05, 3.63) is 59.8 Å². The third-order valence-corrected chi connectivity index (χ3v) is 2.25. The number of rotatable bonds is 2. The second-order valence-electron chi connectivity index (χ2n) is 3.76. The molecule has 4 nitrogen and oxygen atoms in total. The van der Waals surface area contributed by atoms with Crippen molar-refractivity contribution in [2.75, 3.05) is 5.73 Å². The van der Waals surface area contributed by atoms with E-state index in [-0.39, 0.29) is 6.42 Å². The minimum absolute atomic E-state index is 0.112. The number of anilines is 1. The van der Waals surface area contributed by atoms with Gasteiger partial charge in [-0.3, -0.25) is 4.79 Å². The largest absolute Gasteiger partial charge is 0.481 e. The summed E-state index contributed by atoms with van der Waals surface area (Å²) in [5, 5.41) is 8.37. The molecule has 0 unspecified atom stereocenters. The summed E-state index contributed by atoms with van der Waals surface area (Å²) in [7, 11) is 0. The SMILES string of the molecule is Cc1cccnc1N.O=C(O)Cc1ccccc1. The van der Waals surface area contributed by atoms with Gasteiger partial charge in [-0.15, -0.1) is 0 Å². The highest BCUT2D eigenvalue weighted by Crippen LogP contribution is 2.02. The topological polar surface area (TPSA) is 76.2 Å². The fraction of sp³-hybridized carbons (Fsp3) is 0.143. The van der Waals surface area contributed by atoms with Crippen LogP contribution in [-0.2, 0) is 11.2 Å². The van der Waals surface area contributed by atoms with E-state index >= 15 is 0 Å². The van der Waals surface area contributed by atoms with Crippen molar-refractivity contribution in [2.24, 2.45) is 0 Å². The van der Waals surface area contributed by atoms with Crippen LogP contribution in [0.15, 0.2) is 48.7 Å². The Morgan fingerprint density at radius 2 is 1.89 bits per heavy atom. The molecule has 2 rings (SSSR count). The highest BCUT2D eigenvalue weighted by molar-refractivity contribution is 5.70. The van der Waals surface area contributed by atoms with Gasteiger partial charge in [-0.25, -0.2) is 4.98 Å². The summed E-state index contributed by atoms with van der Waals surface area (Å²) in [6.45, 7) is 1.93. The summed E-state index contributed by atoms with van der Waals surface area (Å²) in [6, 6.07) is 12.9. The number of carboxylic acids is 1. The molecule has 0 fully saturated rings. The minimum atomic E-state index is -0.786. The van der Waals surface area contributed by atoms with Crippen molar-refractivity contribution in [3.63, 3.8) is 0 Å². The Labute approximate surface area is 106 Å². The number of hydrogen-bond donors (Lipinski definition) is 2. The molecule has 0 atom stereocenters. The van der Waals surface area contributed by atoms with Gasteiger partial charge in [-0.05, 0) is 24.1 Å². The lowest BCUT2D eigenvalue weighted by Crippen LogP contribution is -1.98. The normalized spacial score (nSPS) is 9.17. The third-order valence-electron chi connectivity index (χ3n) is 2.25. The molecule has 0 bridgehead atoms. The first-order valence-corrected chi connectivity index (χ1v) is 5.52. The lowest BCUT2D eigenvalue weighted by molar-refractivity contribution is -0.136. The summed E-state index contributed by atoms with van der Waals surface area (Å²) < 4.78 is 0. The Kier molecular flexibility index (Phi) is 5.38. The van der Waals surface area contributed by atoms with E-state index in [0.717, 1.165) is 11.1 Å². The first-order valence-electron chi connectivity index (χ1n) is 5.52. The van der Waals surface area contributed by atoms with Gasteiger partial charge < -0.3 is 10.8 Å². The van der Waals surface area contributed by atoms with Crippen LogP contribution in [0, 0.1) is 6.92 Å². The van der Waals surface area contributed by atoms with E-state index in [0.29, 0.717) is 5.82 Å². The molecule has 94 valence electrons. The van der Waals surface area contributed by atoms with Crippen LogP contribution in [0.1, 0.15) is 11.1 Å². The molecule has 3 N–H and O–H groups in total. The van der Waals surface area contributed by atoms with Gasteiger partial charge >= 0.3 is 5.97 Å². The number of aliphatic carboxylic acids is 1. The van der Waals surface area contributed by atoms with Gasteiger partial charge in [0.1, 0.15) is 5.82 Å². The fourth-order valence-electron chi connectivity index (χ4n) is 1.27. The zero-order valence-electron chi connectivity index (χ0n) is 10.2. The highest BCUT2D eigenvalue weighted by atomic mass is 16.4. The summed E-state index contributed by atoms with van der Waals surface area (Å²) in [4.78, 5) is 14.0. The molecule has 2 aromatic rings. The first-order chi connectivity index (χ1) is 8.59. The summed E-state index contributed by atoms with van der Waals surface area (Å²) in [5.74, 6) is -0.168. The van der Waals surface area contributed by atoms with Crippen molar-refractivity contribution >= 4 is 11.8 Å². The van der Waals surface area contributed by atoms with Crippen LogP contribution in [0.3, 0.4) is 0 Å². The molecule has 4 heteroatoms. The van der Waals surface area contributed by atoms with E-state index in [9.17, 15) is 4.79 Å². The zero-order valence-corrected chi connectivity index (χ0v) is 10.2. The van der Waals surface area contributed by atoms with Gasteiger partial charge in [0.15, 0.2) is 0 Å². The number of nitrogen functional groups attached to an aromatic ring is 1. The predicted octanol–water partition coefficient (Wildman–Crippen LogP) is 2.29. The molecule has 0 saturated heterocycles. The molecule has 18 heavy (non-hydrogen) atoms. The number of aryl methyl sites for hydroxylation is 1. The molecule has 0 aliphatic heterocycles. The van der Waals surface area contributed by atoms with Crippen molar-refractivity contribution in [3.8, 4) is 0 Å². The Balaban J connectivity index is 0.000000184. The molecule has 0 aliphatic carbocycles. The standard InChI is InChI=1S/C8H8O2.C6H8N2/c9-8(10)6-7-4-2-1-3-5-7;1-5-3-2-4-8-6(5)7/h1-5H,6H2,(H,9,10);2-4H,1H3,(H2,7,8). The maximum atomic E-state index is 10.2. The molecule has 1 heterocycles. The molecule has 0 amide bonds. The molecule has 1 aromatic heterocycles. The van der Waals surface area contributed by atoms with Gasteiger partial charge in [-0.1, -0.05) is 36.4 Å². The molecular formula is C14H16N2O2. The second-order valence-corrected chi connectivity index (χ2v) is 3.76. The molecule has 1 aromatic carbocycles. The van der Waals surface area contributed by atoms with Crippen molar-refractivity contribution in [2.45, 2.75) is 13.3 Å². The van der Waals surface area contributed by atoms with E-state index in [1.807, 2.05) is 37.3 Å². The van der Waals surface area contributed by atoms with Crippen molar-refractivity contribution in [1.82, 2.24) is 4.98 Å². The van der Waals surface area contributed by atoms with E-state index in [1.54, 1.807) is 18.3 Å². The second kappa shape index (κ2) is 7.06. The van der Waals surface area contributed by atoms with Crippen LogP contribution in [-0.4, -0.2) is 16.1 Å². The number of benzene rings is 1. The zero-order chi connectivity index (χ0) is 13.4. The number of nitrogens with zero attached hydrogens (tertiary/aromatic N) is 1. The monoisotopic (exact) mass is 244 g/mol. The third kappa shape index (κ3) is 5.12. The Bertz CT molecular complexity index is 477. The Morgan fingerprint density at radius 3 is 2.33 bits per heavy atom. The smallest absolute Gasteiger partial charge is 0.307 e. The van der Waals surface area contributed by atoms with Crippen molar-refractivity contribution in [1.29, 1.82) is 0 Å². The molecule has 0 aliphatic rings. The minimum Gasteiger partial charge on any atom is -0.481 e. The maximum Gasteiger partial charge on any atom is 0.307 e. The number of pyridine rings is 1. The molecular weight excluding hydrogens is 228 g/mol. The van der Waals surface area contributed by atoms with E-state index in [2.05, 4.69) is 4.98 Å². The summed E-state index contributed by atoms with van der Waals surface area (Å²) >= 11 is 0. The van der Waals surface area contributed by atoms with E-state index in [4.69, 9.17) is 10.8 Å². The van der Waals surface area contributed by atoms with Gasteiger partial charge in [0.05, 0.1) is 6.42 Å². The molecule has 0 saturated carbocycles. The number of aromatic nitrogens is 1. The van der Waals surface area contributed by atoms with Crippen LogP contribution in [0.4, 0.5) is 5.82 Å². The van der Waals surface area contributed by atoms with Gasteiger partial charge in [0, 0.05) is 6.20 Å². The Morgan fingerprint density at radius 1 is 1.22 bits per heavy atom. The van der Waals surface area contributed by atoms with Crippen LogP contribution >= 0.6 is 0 Å². The average Bonchev–Trinajstić information content (AvgIpc) is 2.34. The fourth-order valence-corrected chi connectivity index (χ4v) is 1.27. The number of carboxylic acid groups (broad SMARTS) is 1. The lowest BCUT2D eigenvalue weighted by Gasteiger charge is -1.92. The van der Waals surface area contributed by atoms with Gasteiger partial charge in [0.25, 0.3) is 0 Å². The quantitative estimate of drug-likeness (QED) is 0.849. The Hall–Kier alpha value is -2.36. The number of carbonyl (C=O) groups is 1. The predicted molar refractivity (Wildman–Crippen MR) is 71.2 cm³/mol. The van der Waals surface area contributed by atoms with Crippen molar-refractivity contribution < 1.29 is 9.90 Å². The average molecular weight is 244 g/mol. The van der Waals surface area contributed by atoms with Gasteiger partial charge in [0.2, 0.25) is 0 Å². The van der Waals surface area contributed by atoms with Crippen LogP contribution in [0.25, 0.3) is 0 Å². The summed E-state index contributed by atoms with van der Waals surface area (Å²) in [6.07, 6.45) is 1.79. The van der Waals surface area contributed by atoms with E-state index < -0.39 is 5.97 Å². The maximum absolute atomic E-state index is 10.2. The molecule has 0 radical (unpaired) electrons. The number of hydrogen-bond acceptors (Lipinski definition) is 3.